The van der Waals surface area contributed by atoms with Gasteiger partial charge in [-0.3, -0.25) is 14.6 Å². The number of carbonyl (C=O) groups excluding carboxylic acids is 2. The summed E-state index contributed by atoms with van der Waals surface area (Å²) in [6, 6.07) is 7.80. The first kappa shape index (κ1) is 23.0. The monoisotopic (exact) mass is 469 g/mol. The molecule has 7 nitrogen and oxygen atoms in total. The number of likely N-dealkylation sites (tertiary alicyclic amines) is 1. The number of pyridine rings is 2. The van der Waals surface area contributed by atoms with E-state index in [0.717, 1.165) is 84.7 Å². The van der Waals surface area contributed by atoms with Gasteiger partial charge in [-0.05, 0) is 86.2 Å². The van der Waals surface area contributed by atoms with Crippen molar-refractivity contribution in [1.29, 1.82) is 0 Å². The molecule has 0 unspecified atom stereocenters. The molecule has 180 valence electrons. The van der Waals surface area contributed by atoms with Gasteiger partial charge in [-0.15, -0.1) is 0 Å². The van der Waals surface area contributed by atoms with E-state index in [-0.39, 0.29) is 11.8 Å². The third kappa shape index (κ3) is 5.04. The number of nitrogens with one attached hydrogen (secondary N) is 1. The summed E-state index contributed by atoms with van der Waals surface area (Å²) in [7, 11) is 0. The van der Waals surface area contributed by atoms with Crippen LogP contribution in [0.5, 0.6) is 0 Å². The molecule has 7 heteroatoms. The summed E-state index contributed by atoms with van der Waals surface area (Å²) in [6.07, 6.45) is 12.4. The lowest BCUT2D eigenvalue weighted by Gasteiger charge is -2.27. The summed E-state index contributed by atoms with van der Waals surface area (Å²) in [5.41, 5.74) is 11.1. The van der Waals surface area contributed by atoms with E-state index < -0.39 is 0 Å². The van der Waals surface area contributed by atoms with Crippen LogP contribution in [0, 0.1) is 12.8 Å². The van der Waals surface area contributed by atoms with E-state index in [2.05, 4.69) is 15.3 Å². The van der Waals surface area contributed by atoms with Crippen LogP contribution < -0.4 is 11.1 Å². The molecule has 3 aromatic rings. The molecule has 1 aromatic carbocycles. The maximum atomic E-state index is 12.7. The first-order valence-electron chi connectivity index (χ1n) is 12.4. The Kier molecular flexibility index (Phi) is 6.49. The molecule has 0 atom stereocenters. The van der Waals surface area contributed by atoms with Gasteiger partial charge in [-0.1, -0.05) is 5.57 Å². The van der Waals surface area contributed by atoms with Gasteiger partial charge >= 0.3 is 0 Å². The molecule has 3 N–H and O–H groups in total. The normalized spacial score (nSPS) is 18.0. The lowest BCUT2D eigenvalue weighted by molar-refractivity contribution is -0.135. The Bertz CT molecular complexity index is 1300. The molecular weight excluding hydrogens is 438 g/mol. The zero-order valence-corrected chi connectivity index (χ0v) is 20.1. The minimum Gasteiger partial charge on any atom is -0.398 e. The quantitative estimate of drug-likeness (QED) is 0.420. The van der Waals surface area contributed by atoms with Gasteiger partial charge in [-0.25, -0.2) is 4.98 Å². The van der Waals surface area contributed by atoms with Crippen LogP contribution >= 0.6 is 0 Å². The summed E-state index contributed by atoms with van der Waals surface area (Å²) >= 11 is 0. The van der Waals surface area contributed by atoms with Crippen LogP contribution in [-0.4, -0.2) is 39.8 Å². The van der Waals surface area contributed by atoms with Gasteiger partial charge in [-0.2, -0.15) is 0 Å². The van der Waals surface area contributed by atoms with Gasteiger partial charge in [0.2, 0.25) is 11.8 Å². The third-order valence-electron chi connectivity index (χ3n) is 7.20. The standard InChI is InChI=1S/C28H31N5O2/c1-18-8-9-30-16-23(18)21-13-22-15-26(31-17-24(22)25(29)14-21)32-27(34)12-19-4-6-20(7-5-19)28(35)33-10-2-3-11-33/h8-9,12-17,20H,2-7,10-11,29H2,1H3,(H,31,32,34). The van der Waals surface area contributed by atoms with Crippen molar-refractivity contribution in [2.75, 3.05) is 24.1 Å². The number of amides is 2. The number of allylic oxidation sites excluding steroid dienone is 1. The molecule has 2 aliphatic rings. The lowest BCUT2D eigenvalue weighted by atomic mass is 9.84. The molecule has 5 rings (SSSR count). The Balaban J connectivity index is 1.27. The molecule has 1 saturated carbocycles. The highest BCUT2D eigenvalue weighted by molar-refractivity contribution is 6.02. The molecular formula is C28H31N5O2. The number of carbonyl (C=O) groups is 2. The van der Waals surface area contributed by atoms with Crippen LogP contribution in [-0.2, 0) is 9.59 Å². The van der Waals surface area contributed by atoms with Crippen molar-refractivity contribution in [2.45, 2.75) is 45.4 Å². The Hall–Kier alpha value is -3.74. The van der Waals surface area contributed by atoms with Gasteiger partial charge in [0.15, 0.2) is 0 Å². The van der Waals surface area contributed by atoms with E-state index in [1.54, 1.807) is 18.5 Å². The molecule has 35 heavy (non-hydrogen) atoms. The van der Waals surface area contributed by atoms with E-state index >= 15 is 0 Å². The number of nitrogens with two attached hydrogens (primary N) is 1. The van der Waals surface area contributed by atoms with Crippen LogP contribution in [0.3, 0.4) is 0 Å². The number of aromatic nitrogens is 2. The highest BCUT2D eigenvalue weighted by Crippen LogP contribution is 2.32. The van der Waals surface area contributed by atoms with Crippen LogP contribution in [0.4, 0.5) is 11.5 Å². The van der Waals surface area contributed by atoms with Crippen molar-refractivity contribution in [3.63, 3.8) is 0 Å². The number of aryl methyl sites for hydroxylation is 1. The number of hydrogen-bond acceptors (Lipinski definition) is 5. The van der Waals surface area contributed by atoms with Crippen molar-refractivity contribution in [1.82, 2.24) is 14.9 Å². The molecule has 0 radical (unpaired) electrons. The van der Waals surface area contributed by atoms with E-state index in [9.17, 15) is 9.59 Å². The minimum atomic E-state index is -0.191. The third-order valence-corrected chi connectivity index (χ3v) is 7.20. The van der Waals surface area contributed by atoms with Crippen molar-refractivity contribution in [2.24, 2.45) is 5.92 Å². The summed E-state index contributed by atoms with van der Waals surface area (Å²) in [5, 5.41) is 4.64. The Morgan fingerprint density at radius 1 is 1.11 bits per heavy atom. The molecule has 3 heterocycles. The molecule has 2 amide bonds. The number of fused-ring (bicyclic) bond motifs is 1. The lowest BCUT2D eigenvalue weighted by Crippen LogP contribution is -2.35. The molecule has 0 spiro atoms. The van der Waals surface area contributed by atoms with Gasteiger partial charge in [0.05, 0.1) is 0 Å². The molecule has 2 aromatic heterocycles. The average molecular weight is 470 g/mol. The van der Waals surface area contributed by atoms with Crippen molar-refractivity contribution in [3.05, 3.63) is 60.1 Å². The number of benzene rings is 1. The van der Waals surface area contributed by atoms with Crippen molar-refractivity contribution < 1.29 is 9.59 Å². The fraction of sp³-hybridized carbons (Fsp3) is 0.357. The molecule has 2 fully saturated rings. The Labute approximate surface area is 205 Å². The summed E-state index contributed by atoms with van der Waals surface area (Å²) < 4.78 is 0. The molecule has 1 saturated heterocycles. The number of nitrogen functional groups attached to an aromatic ring is 1. The highest BCUT2D eigenvalue weighted by atomic mass is 16.2. The second-order valence-electron chi connectivity index (χ2n) is 9.65. The fourth-order valence-electron chi connectivity index (χ4n) is 5.20. The maximum absolute atomic E-state index is 12.7. The number of nitrogens with zero attached hydrogens (tertiary/aromatic N) is 3. The van der Waals surface area contributed by atoms with Crippen LogP contribution in [0.1, 0.15) is 44.1 Å². The fourth-order valence-corrected chi connectivity index (χ4v) is 5.20. The average Bonchev–Trinajstić information content (AvgIpc) is 3.39. The predicted octanol–water partition coefficient (Wildman–Crippen LogP) is 4.86. The largest absolute Gasteiger partial charge is 0.398 e. The zero-order chi connectivity index (χ0) is 24.4. The second kappa shape index (κ2) is 9.86. The minimum absolute atomic E-state index is 0.0959. The Morgan fingerprint density at radius 3 is 2.63 bits per heavy atom. The van der Waals surface area contributed by atoms with Crippen molar-refractivity contribution in [3.8, 4) is 11.1 Å². The topological polar surface area (TPSA) is 101 Å². The van der Waals surface area contributed by atoms with Gasteiger partial charge in [0.1, 0.15) is 5.82 Å². The first-order valence-corrected chi connectivity index (χ1v) is 12.4. The summed E-state index contributed by atoms with van der Waals surface area (Å²) in [4.78, 5) is 36.0. The van der Waals surface area contributed by atoms with Gasteiger partial charge < -0.3 is 16.0 Å². The zero-order valence-electron chi connectivity index (χ0n) is 20.1. The second-order valence-corrected chi connectivity index (χ2v) is 9.65. The van der Waals surface area contributed by atoms with Crippen LogP contribution in [0.2, 0.25) is 0 Å². The van der Waals surface area contributed by atoms with Crippen molar-refractivity contribution >= 4 is 34.1 Å². The molecule has 1 aliphatic carbocycles. The van der Waals surface area contributed by atoms with Gasteiger partial charge in [0, 0.05) is 60.3 Å². The first-order chi connectivity index (χ1) is 17.0. The number of anilines is 2. The van der Waals surface area contributed by atoms with E-state index in [1.807, 2.05) is 42.3 Å². The maximum Gasteiger partial charge on any atom is 0.249 e. The van der Waals surface area contributed by atoms with E-state index in [1.165, 1.54) is 0 Å². The SMILES string of the molecule is Cc1ccncc1-c1cc(N)c2cnc(NC(=O)C=C3CCC(C(=O)N4CCCC4)CC3)cc2c1. The van der Waals surface area contributed by atoms with E-state index in [4.69, 9.17) is 5.73 Å². The summed E-state index contributed by atoms with van der Waals surface area (Å²) in [6.45, 7) is 3.83. The highest BCUT2D eigenvalue weighted by Gasteiger charge is 2.28. The molecule has 1 aliphatic heterocycles. The predicted molar refractivity (Wildman–Crippen MR) is 139 cm³/mol. The van der Waals surface area contributed by atoms with Gasteiger partial charge in [0.25, 0.3) is 0 Å². The van der Waals surface area contributed by atoms with Crippen LogP contribution in [0.25, 0.3) is 21.9 Å². The summed E-state index contributed by atoms with van der Waals surface area (Å²) in [5.74, 6) is 0.685. The smallest absolute Gasteiger partial charge is 0.249 e. The van der Waals surface area contributed by atoms with Crippen LogP contribution in [0.15, 0.2) is 54.5 Å². The van der Waals surface area contributed by atoms with E-state index in [0.29, 0.717) is 17.4 Å². The Morgan fingerprint density at radius 2 is 1.89 bits per heavy atom. The molecule has 0 bridgehead atoms. The number of rotatable bonds is 4. The number of hydrogen-bond donors (Lipinski definition) is 2.